The Morgan fingerprint density at radius 1 is 1.13 bits per heavy atom. The van der Waals surface area contributed by atoms with Crippen molar-refractivity contribution in [2.75, 3.05) is 0 Å². The Kier molecular flexibility index (Phi) is 3.11. The Hall–Kier alpha value is -0.820. The van der Waals surface area contributed by atoms with Crippen LogP contribution >= 0.6 is 0 Å². The molecule has 0 amide bonds. The first-order valence-corrected chi connectivity index (χ1v) is 6.03. The van der Waals surface area contributed by atoms with Crippen molar-refractivity contribution < 1.29 is 0 Å². The smallest absolute Gasteiger partial charge is 0.0325 e. The number of benzene rings is 1. The van der Waals surface area contributed by atoms with Gasteiger partial charge in [0.05, 0.1) is 0 Å². The van der Waals surface area contributed by atoms with E-state index in [9.17, 15) is 0 Å². The van der Waals surface area contributed by atoms with Crippen LogP contribution in [0, 0.1) is 0 Å². The van der Waals surface area contributed by atoms with Gasteiger partial charge in [-0.2, -0.15) is 0 Å². The van der Waals surface area contributed by atoms with E-state index < -0.39 is 0 Å². The van der Waals surface area contributed by atoms with Gasteiger partial charge in [-0.3, -0.25) is 0 Å². The van der Waals surface area contributed by atoms with Crippen molar-refractivity contribution in [1.82, 2.24) is 5.32 Å². The average molecular weight is 203 g/mol. The average Bonchev–Trinajstić information content (AvgIpc) is 2.22. The van der Waals surface area contributed by atoms with Crippen molar-refractivity contribution in [2.24, 2.45) is 0 Å². The summed E-state index contributed by atoms with van der Waals surface area (Å²) >= 11 is 0. The molecule has 2 atom stereocenters. The van der Waals surface area contributed by atoms with Crippen LogP contribution in [-0.2, 0) is 0 Å². The fraction of sp³-hybridized carbons (Fsp3) is 0.571. The normalized spacial score (nSPS) is 25.3. The van der Waals surface area contributed by atoms with E-state index in [-0.39, 0.29) is 0 Å². The number of rotatable bonds is 2. The summed E-state index contributed by atoms with van der Waals surface area (Å²) < 4.78 is 0. The molecule has 1 aliphatic rings. The molecule has 0 spiro atoms. The zero-order valence-electron chi connectivity index (χ0n) is 9.96. The third-order valence-corrected chi connectivity index (χ3v) is 3.33. The molecular weight excluding hydrogens is 182 g/mol. The second-order valence-electron chi connectivity index (χ2n) is 4.98. The monoisotopic (exact) mass is 203 g/mol. The van der Waals surface area contributed by atoms with Crippen molar-refractivity contribution in [3.63, 3.8) is 0 Å². The highest BCUT2D eigenvalue weighted by Crippen LogP contribution is 2.36. The minimum absolute atomic E-state index is 0.566. The lowest BCUT2D eigenvalue weighted by Gasteiger charge is -2.31. The minimum Gasteiger partial charge on any atom is -0.308 e. The van der Waals surface area contributed by atoms with E-state index in [1.807, 2.05) is 0 Å². The molecule has 1 heteroatoms. The highest BCUT2D eigenvalue weighted by atomic mass is 14.9. The highest BCUT2D eigenvalue weighted by molar-refractivity contribution is 5.34. The van der Waals surface area contributed by atoms with Gasteiger partial charge in [-0.25, -0.2) is 0 Å². The Balaban J connectivity index is 2.28. The largest absolute Gasteiger partial charge is 0.308 e. The van der Waals surface area contributed by atoms with E-state index in [1.165, 1.54) is 18.4 Å². The molecule has 1 aliphatic carbocycles. The van der Waals surface area contributed by atoms with E-state index in [0.29, 0.717) is 12.1 Å². The summed E-state index contributed by atoms with van der Waals surface area (Å²) in [6.45, 7) is 6.78. The van der Waals surface area contributed by atoms with Gasteiger partial charge in [0, 0.05) is 12.1 Å². The van der Waals surface area contributed by atoms with Gasteiger partial charge in [0.25, 0.3) is 0 Å². The first-order chi connectivity index (χ1) is 7.18. The van der Waals surface area contributed by atoms with E-state index >= 15 is 0 Å². The lowest BCUT2D eigenvalue weighted by atomic mass is 9.81. The fourth-order valence-corrected chi connectivity index (χ4v) is 2.58. The minimum atomic E-state index is 0.566. The predicted molar refractivity (Wildman–Crippen MR) is 65.1 cm³/mol. The van der Waals surface area contributed by atoms with Crippen LogP contribution in [-0.4, -0.2) is 6.04 Å². The van der Waals surface area contributed by atoms with Crippen LogP contribution in [0.1, 0.15) is 56.7 Å². The van der Waals surface area contributed by atoms with E-state index in [2.05, 4.69) is 50.4 Å². The highest BCUT2D eigenvalue weighted by Gasteiger charge is 2.24. The molecule has 0 saturated carbocycles. The molecule has 0 heterocycles. The van der Waals surface area contributed by atoms with E-state index in [1.54, 1.807) is 5.56 Å². The summed E-state index contributed by atoms with van der Waals surface area (Å²) in [5.41, 5.74) is 3.06. The van der Waals surface area contributed by atoms with E-state index in [0.717, 1.165) is 5.92 Å². The van der Waals surface area contributed by atoms with Crippen molar-refractivity contribution >= 4 is 0 Å². The molecule has 2 rings (SSSR count). The lowest BCUT2D eigenvalue weighted by molar-refractivity contribution is 0.403. The van der Waals surface area contributed by atoms with Crippen LogP contribution in [0.4, 0.5) is 0 Å². The lowest BCUT2D eigenvalue weighted by Crippen LogP contribution is -2.31. The van der Waals surface area contributed by atoms with Gasteiger partial charge < -0.3 is 5.32 Å². The van der Waals surface area contributed by atoms with Crippen LogP contribution in [0.2, 0.25) is 0 Å². The quantitative estimate of drug-likeness (QED) is 0.774. The molecule has 0 aliphatic heterocycles. The number of nitrogens with one attached hydrogen (secondary N) is 1. The first kappa shape index (κ1) is 10.7. The zero-order valence-corrected chi connectivity index (χ0v) is 9.96. The Labute approximate surface area is 92.9 Å². The van der Waals surface area contributed by atoms with Gasteiger partial charge in [-0.05, 0) is 29.9 Å². The van der Waals surface area contributed by atoms with Crippen LogP contribution in [0.5, 0.6) is 0 Å². The summed E-state index contributed by atoms with van der Waals surface area (Å²) in [7, 11) is 0. The fourth-order valence-electron chi connectivity index (χ4n) is 2.58. The second kappa shape index (κ2) is 4.36. The van der Waals surface area contributed by atoms with Crippen LogP contribution in [0.25, 0.3) is 0 Å². The molecule has 0 aromatic heterocycles. The second-order valence-corrected chi connectivity index (χ2v) is 4.98. The molecule has 0 saturated heterocycles. The molecule has 82 valence electrons. The SMILES string of the molecule is CC(C)NC1CCC(C)c2ccccc21. The molecule has 1 aromatic rings. The molecule has 0 bridgehead atoms. The molecule has 15 heavy (non-hydrogen) atoms. The maximum absolute atomic E-state index is 3.66. The molecule has 2 unspecified atom stereocenters. The number of hydrogen-bond donors (Lipinski definition) is 1. The van der Waals surface area contributed by atoms with Crippen LogP contribution in [0.15, 0.2) is 24.3 Å². The topological polar surface area (TPSA) is 12.0 Å². The zero-order chi connectivity index (χ0) is 10.8. The van der Waals surface area contributed by atoms with Gasteiger partial charge in [0.1, 0.15) is 0 Å². The van der Waals surface area contributed by atoms with E-state index in [4.69, 9.17) is 0 Å². The van der Waals surface area contributed by atoms with Gasteiger partial charge >= 0.3 is 0 Å². The van der Waals surface area contributed by atoms with Crippen molar-refractivity contribution in [1.29, 1.82) is 0 Å². The first-order valence-electron chi connectivity index (χ1n) is 6.03. The summed E-state index contributed by atoms with van der Waals surface area (Å²) in [5, 5.41) is 3.66. The number of hydrogen-bond acceptors (Lipinski definition) is 1. The maximum atomic E-state index is 3.66. The van der Waals surface area contributed by atoms with Crippen LogP contribution < -0.4 is 5.32 Å². The Morgan fingerprint density at radius 3 is 2.47 bits per heavy atom. The van der Waals surface area contributed by atoms with Gasteiger partial charge in [-0.1, -0.05) is 45.0 Å². The summed E-state index contributed by atoms with van der Waals surface area (Å²) in [4.78, 5) is 0. The molecule has 1 N–H and O–H groups in total. The van der Waals surface area contributed by atoms with Gasteiger partial charge in [-0.15, -0.1) is 0 Å². The van der Waals surface area contributed by atoms with Crippen molar-refractivity contribution in [2.45, 2.75) is 51.6 Å². The molecule has 0 fully saturated rings. The van der Waals surface area contributed by atoms with Crippen molar-refractivity contribution in [3.8, 4) is 0 Å². The summed E-state index contributed by atoms with van der Waals surface area (Å²) in [6, 6.07) is 10.0. The van der Waals surface area contributed by atoms with Gasteiger partial charge in [0.2, 0.25) is 0 Å². The molecule has 1 aromatic carbocycles. The standard InChI is InChI=1S/C14H21N/c1-10(2)15-14-9-8-11(3)12-6-4-5-7-13(12)14/h4-7,10-11,14-15H,8-9H2,1-3H3. The molecule has 1 nitrogen and oxygen atoms in total. The predicted octanol–water partition coefficient (Wildman–Crippen LogP) is 3.62. The summed E-state index contributed by atoms with van der Waals surface area (Å²) in [5.74, 6) is 0.728. The Bertz CT molecular complexity index is 330. The maximum Gasteiger partial charge on any atom is 0.0325 e. The molecular formula is C14H21N. The Morgan fingerprint density at radius 2 is 1.80 bits per heavy atom. The summed E-state index contributed by atoms with van der Waals surface area (Å²) in [6.07, 6.45) is 2.58. The van der Waals surface area contributed by atoms with Crippen LogP contribution in [0.3, 0.4) is 0 Å². The third kappa shape index (κ3) is 2.23. The van der Waals surface area contributed by atoms with Crippen molar-refractivity contribution in [3.05, 3.63) is 35.4 Å². The van der Waals surface area contributed by atoms with Gasteiger partial charge in [0.15, 0.2) is 0 Å². The molecule has 0 radical (unpaired) electrons. The number of fused-ring (bicyclic) bond motifs is 1. The third-order valence-electron chi connectivity index (χ3n) is 3.33.